The van der Waals surface area contributed by atoms with Crippen LogP contribution in [0.2, 0.25) is 0 Å². The van der Waals surface area contributed by atoms with Crippen LogP contribution in [0.3, 0.4) is 0 Å². The molecule has 0 radical (unpaired) electrons. The summed E-state index contributed by atoms with van der Waals surface area (Å²) in [5.74, 6) is 1.45. The second kappa shape index (κ2) is 5.49. The van der Waals surface area contributed by atoms with E-state index in [9.17, 15) is 0 Å². The molecule has 0 atom stereocenters. The van der Waals surface area contributed by atoms with Gasteiger partial charge in [-0.3, -0.25) is 0 Å². The Bertz CT molecular complexity index is 961. The Balaban J connectivity index is 1.79. The van der Waals surface area contributed by atoms with Gasteiger partial charge in [-0.2, -0.15) is 9.78 Å². The molecule has 0 saturated heterocycles. The van der Waals surface area contributed by atoms with Gasteiger partial charge in [-0.1, -0.05) is 18.2 Å². The Morgan fingerprint density at radius 3 is 2.78 bits per heavy atom. The molecule has 0 bridgehead atoms. The van der Waals surface area contributed by atoms with Crippen LogP contribution in [0.1, 0.15) is 5.56 Å². The molecule has 4 rings (SSSR count). The molecule has 112 valence electrons. The van der Waals surface area contributed by atoms with Gasteiger partial charge in [-0.15, -0.1) is 0 Å². The number of aryl methyl sites for hydroxylation is 1. The highest BCUT2D eigenvalue weighted by Crippen LogP contribution is 2.24. The number of fused-ring (bicyclic) bond motifs is 1. The lowest BCUT2D eigenvalue weighted by Gasteiger charge is -2.07. The van der Waals surface area contributed by atoms with Crippen molar-refractivity contribution in [3.63, 3.8) is 0 Å². The lowest BCUT2D eigenvalue weighted by atomic mass is 10.2. The summed E-state index contributed by atoms with van der Waals surface area (Å²) in [6.45, 7) is 2.06. The molecule has 0 aliphatic heterocycles. The first-order valence-electron chi connectivity index (χ1n) is 7.25. The topological polar surface area (TPSA) is 68.5 Å². The summed E-state index contributed by atoms with van der Waals surface area (Å²) in [5.41, 5.74) is 2.88. The van der Waals surface area contributed by atoms with Gasteiger partial charge >= 0.3 is 0 Å². The van der Waals surface area contributed by atoms with Crippen LogP contribution in [0.25, 0.3) is 16.9 Å². The maximum absolute atomic E-state index is 4.40. The minimum atomic E-state index is 0.717. The van der Waals surface area contributed by atoms with E-state index < -0.39 is 0 Å². The van der Waals surface area contributed by atoms with Crippen LogP contribution >= 0.6 is 0 Å². The van der Waals surface area contributed by atoms with E-state index in [0.29, 0.717) is 5.65 Å². The molecule has 0 aliphatic carbocycles. The SMILES string of the molecule is Cc1cccc(Nc2ncnc3c2cnn3-c2ccccn2)c1. The summed E-state index contributed by atoms with van der Waals surface area (Å²) in [5, 5.41) is 8.57. The standard InChI is InChI=1S/C17H14N6/c1-12-5-4-6-13(9-12)22-16-14-10-21-23(17(14)20-11-19-16)15-7-2-3-8-18-15/h2-11H,1H3,(H,19,20,22). The molecule has 4 aromatic rings. The number of nitrogens with one attached hydrogen (secondary N) is 1. The molecule has 23 heavy (non-hydrogen) atoms. The number of hydrogen-bond acceptors (Lipinski definition) is 5. The second-order valence-electron chi connectivity index (χ2n) is 5.20. The highest BCUT2D eigenvalue weighted by molar-refractivity contribution is 5.88. The number of pyridine rings is 1. The van der Waals surface area contributed by atoms with Crippen molar-refractivity contribution in [1.82, 2.24) is 24.7 Å². The molecule has 0 saturated carbocycles. The van der Waals surface area contributed by atoms with E-state index in [1.807, 2.05) is 30.3 Å². The Labute approximate surface area is 132 Å². The minimum Gasteiger partial charge on any atom is -0.340 e. The number of hydrogen-bond donors (Lipinski definition) is 1. The van der Waals surface area contributed by atoms with Gasteiger partial charge in [0.2, 0.25) is 0 Å². The third kappa shape index (κ3) is 2.50. The molecule has 0 amide bonds. The van der Waals surface area contributed by atoms with Gasteiger partial charge in [0.25, 0.3) is 0 Å². The minimum absolute atomic E-state index is 0.717. The maximum atomic E-state index is 4.40. The van der Waals surface area contributed by atoms with Gasteiger partial charge in [0.1, 0.15) is 12.1 Å². The molecule has 1 aromatic carbocycles. The van der Waals surface area contributed by atoms with Gasteiger partial charge in [-0.05, 0) is 36.8 Å². The smallest absolute Gasteiger partial charge is 0.170 e. The van der Waals surface area contributed by atoms with Crippen LogP contribution < -0.4 is 5.32 Å². The fraction of sp³-hybridized carbons (Fsp3) is 0.0588. The van der Waals surface area contributed by atoms with Crippen molar-refractivity contribution in [1.29, 1.82) is 0 Å². The molecular weight excluding hydrogens is 288 g/mol. The molecule has 0 aliphatic rings. The van der Waals surface area contributed by atoms with E-state index >= 15 is 0 Å². The molecular formula is C17H14N6. The molecule has 3 aromatic heterocycles. The number of nitrogens with zero attached hydrogens (tertiary/aromatic N) is 5. The van der Waals surface area contributed by atoms with Crippen molar-refractivity contribution >= 4 is 22.5 Å². The Morgan fingerprint density at radius 2 is 1.96 bits per heavy atom. The van der Waals surface area contributed by atoms with E-state index in [0.717, 1.165) is 22.7 Å². The fourth-order valence-corrected chi connectivity index (χ4v) is 2.45. The lowest BCUT2D eigenvalue weighted by Crippen LogP contribution is -2.01. The van der Waals surface area contributed by atoms with E-state index in [4.69, 9.17) is 0 Å². The largest absolute Gasteiger partial charge is 0.340 e. The predicted molar refractivity (Wildman–Crippen MR) is 88.9 cm³/mol. The fourth-order valence-electron chi connectivity index (χ4n) is 2.45. The zero-order valence-electron chi connectivity index (χ0n) is 12.5. The van der Waals surface area contributed by atoms with Crippen molar-refractivity contribution < 1.29 is 0 Å². The zero-order valence-corrected chi connectivity index (χ0v) is 12.5. The first kappa shape index (κ1) is 13.4. The maximum Gasteiger partial charge on any atom is 0.170 e. The summed E-state index contributed by atoms with van der Waals surface area (Å²) in [7, 11) is 0. The van der Waals surface area contributed by atoms with Crippen molar-refractivity contribution in [2.75, 3.05) is 5.32 Å². The predicted octanol–water partition coefficient (Wildman–Crippen LogP) is 3.26. The molecule has 0 spiro atoms. The number of rotatable bonds is 3. The molecule has 3 heterocycles. The van der Waals surface area contributed by atoms with Gasteiger partial charge in [-0.25, -0.2) is 15.0 Å². The van der Waals surface area contributed by atoms with E-state index in [-0.39, 0.29) is 0 Å². The van der Waals surface area contributed by atoms with E-state index in [1.165, 1.54) is 11.9 Å². The first-order valence-corrected chi connectivity index (χ1v) is 7.25. The third-order valence-electron chi connectivity index (χ3n) is 3.51. The number of aromatic nitrogens is 5. The summed E-state index contributed by atoms with van der Waals surface area (Å²) >= 11 is 0. The highest BCUT2D eigenvalue weighted by Gasteiger charge is 2.11. The summed E-state index contributed by atoms with van der Waals surface area (Å²) < 4.78 is 1.71. The van der Waals surface area contributed by atoms with Crippen molar-refractivity contribution in [2.24, 2.45) is 0 Å². The Morgan fingerprint density at radius 1 is 1.00 bits per heavy atom. The van der Waals surface area contributed by atoms with Crippen molar-refractivity contribution in [2.45, 2.75) is 6.92 Å². The Hall–Kier alpha value is -3.28. The lowest BCUT2D eigenvalue weighted by molar-refractivity contribution is 0.861. The van der Waals surface area contributed by atoms with E-state index in [1.54, 1.807) is 17.1 Å². The molecule has 0 unspecified atom stereocenters. The van der Waals surface area contributed by atoms with Crippen LogP contribution in [0.4, 0.5) is 11.5 Å². The summed E-state index contributed by atoms with van der Waals surface area (Å²) in [4.78, 5) is 13.0. The van der Waals surface area contributed by atoms with Gasteiger partial charge < -0.3 is 5.32 Å². The van der Waals surface area contributed by atoms with Gasteiger partial charge in [0.05, 0.1) is 11.6 Å². The van der Waals surface area contributed by atoms with Crippen LogP contribution in [0.5, 0.6) is 0 Å². The summed E-state index contributed by atoms with van der Waals surface area (Å²) in [6, 6.07) is 13.8. The van der Waals surface area contributed by atoms with Gasteiger partial charge in [0.15, 0.2) is 11.5 Å². The zero-order chi connectivity index (χ0) is 15.6. The monoisotopic (exact) mass is 302 g/mol. The third-order valence-corrected chi connectivity index (χ3v) is 3.51. The first-order chi connectivity index (χ1) is 11.3. The van der Waals surface area contributed by atoms with E-state index in [2.05, 4.69) is 44.4 Å². The Kier molecular flexibility index (Phi) is 3.20. The number of anilines is 2. The average molecular weight is 302 g/mol. The summed E-state index contributed by atoms with van der Waals surface area (Å²) in [6.07, 6.45) is 5.01. The highest BCUT2D eigenvalue weighted by atomic mass is 15.3. The quantitative estimate of drug-likeness (QED) is 0.629. The van der Waals surface area contributed by atoms with Crippen molar-refractivity contribution in [3.8, 4) is 5.82 Å². The molecule has 6 nitrogen and oxygen atoms in total. The van der Waals surface area contributed by atoms with Crippen LogP contribution in [0.15, 0.2) is 61.2 Å². The second-order valence-corrected chi connectivity index (χ2v) is 5.20. The van der Waals surface area contributed by atoms with Gasteiger partial charge in [0, 0.05) is 11.9 Å². The normalized spacial score (nSPS) is 10.8. The number of benzene rings is 1. The molecule has 6 heteroatoms. The van der Waals surface area contributed by atoms with Crippen LogP contribution in [-0.2, 0) is 0 Å². The molecule has 1 N–H and O–H groups in total. The van der Waals surface area contributed by atoms with Crippen LogP contribution in [0, 0.1) is 6.92 Å². The molecule has 0 fully saturated rings. The average Bonchev–Trinajstić information content (AvgIpc) is 3.01. The van der Waals surface area contributed by atoms with Crippen LogP contribution in [-0.4, -0.2) is 24.7 Å². The van der Waals surface area contributed by atoms with Crippen molar-refractivity contribution in [3.05, 3.63) is 66.7 Å².